The van der Waals surface area contributed by atoms with Crippen LogP contribution in [-0.2, 0) is 19.6 Å². The Morgan fingerprint density at radius 3 is 2.23 bits per heavy atom. The highest BCUT2D eigenvalue weighted by molar-refractivity contribution is 7.89. The van der Waals surface area contributed by atoms with E-state index in [2.05, 4.69) is 4.72 Å². The van der Waals surface area contributed by atoms with Crippen LogP contribution in [0, 0.1) is 6.92 Å². The van der Waals surface area contributed by atoms with Gasteiger partial charge in [-0.2, -0.15) is 0 Å². The van der Waals surface area contributed by atoms with Gasteiger partial charge >= 0.3 is 5.97 Å². The number of sulfonamides is 1. The second-order valence-corrected chi connectivity index (χ2v) is 8.66. The SMILES string of the molecule is CCN(CC)C(=O)COC(=O)c1cc(S(=O)(=O)NC(C)(C)C)ccc1C. The van der Waals surface area contributed by atoms with Crippen molar-refractivity contribution < 1.29 is 22.7 Å². The number of ether oxygens (including phenoxy) is 1. The molecule has 26 heavy (non-hydrogen) atoms. The van der Waals surface area contributed by atoms with Gasteiger partial charge in [0.2, 0.25) is 10.0 Å². The van der Waals surface area contributed by atoms with Gasteiger partial charge in [-0.05, 0) is 59.2 Å². The summed E-state index contributed by atoms with van der Waals surface area (Å²) in [6.45, 7) is 11.2. The quantitative estimate of drug-likeness (QED) is 0.727. The molecule has 0 saturated heterocycles. The Hall–Kier alpha value is -1.93. The van der Waals surface area contributed by atoms with Crippen LogP contribution in [-0.4, -0.2) is 50.4 Å². The zero-order valence-electron chi connectivity index (χ0n) is 16.3. The monoisotopic (exact) mass is 384 g/mol. The third-order valence-corrected chi connectivity index (χ3v) is 5.38. The van der Waals surface area contributed by atoms with Crippen LogP contribution in [0.25, 0.3) is 0 Å². The highest BCUT2D eigenvalue weighted by atomic mass is 32.2. The van der Waals surface area contributed by atoms with Crippen molar-refractivity contribution in [1.82, 2.24) is 9.62 Å². The van der Waals surface area contributed by atoms with Crippen molar-refractivity contribution >= 4 is 21.9 Å². The number of carbonyl (C=O) groups excluding carboxylic acids is 2. The Bertz CT molecular complexity index is 762. The highest BCUT2D eigenvalue weighted by Crippen LogP contribution is 2.18. The first-order chi connectivity index (χ1) is 11.9. The van der Waals surface area contributed by atoms with Gasteiger partial charge in [-0.15, -0.1) is 0 Å². The van der Waals surface area contributed by atoms with E-state index in [0.29, 0.717) is 18.7 Å². The normalized spacial score (nSPS) is 11.9. The molecule has 8 heteroatoms. The van der Waals surface area contributed by atoms with Gasteiger partial charge in [-0.1, -0.05) is 6.07 Å². The number of carbonyl (C=O) groups is 2. The summed E-state index contributed by atoms with van der Waals surface area (Å²) in [5.41, 5.74) is 0.0368. The maximum absolute atomic E-state index is 12.4. The molecule has 0 heterocycles. The van der Waals surface area contributed by atoms with Gasteiger partial charge in [0.1, 0.15) is 0 Å². The summed E-state index contributed by atoms with van der Waals surface area (Å²) in [6, 6.07) is 4.24. The Balaban J connectivity index is 3.00. The van der Waals surface area contributed by atoms with Crippen molar-refractivity contribution in [2.45, 2.75) is 52.0 Å². The van der Waals surface area contributed by atoms with E-state index in [9.17, 15) is 18.0 Å². The number of hydrogen-bond acceptors (Lipinski definition) is 5. The molecular formula is C18H28N2O5S. The molecule has 0 aliphatic heterocycles. The molecule has 0 aliphatic carbocycles. The second kappa shape index (κ2) is 8.64. The minimum absolute atomic E-state index is 0.0277. The van der Waals surface area contributed by atoms with Gasteiger partial charge in [-0.3, -0.25) is 4.79 Å². The molecule has 0 radical (unpaired) electrons. The van der Waals surface area contributed by atoms with E-state index in [0.717, 1.165) is 0 Å². The summed E-state index contributed by atoms with van der Waals surface area (Å²) < 4.78 is 32.5. The first-order valence-electron chi connectivity index (χ1n) is 8.50. The lowest BCUT2D eigenvalue weighted by Gasteiger charge is -2.21. The van der Waals surface area contributed by atoms with Crippen LogP contribution in [0.15, 0.2) is 23.1 Å². The smallest absolute Gasteiger partial charge is 0.338 e. The van der Waals surface area contributed by atoms with E-state index in [-0.39, 0.29) is 23.0 Å². The van der Waals surface area contributed by atoms with Crippen LogP contribution in [0.5, 0.6) is 0 Å². The van der Waals surface area contributed by atoms with Gasteiger partial charge in [0.05, 0.1) is 10.5 Å². The molecular weight excluding hydrogens is 356 g/mol. The third kappa shape index (κ3) is 6.10. The van der Waals surface area contributed by atoms with Gasteiger partial charge in [-0.25, -0.2) is 17.9 Å². The fourth-order valence-corrected chi connectivity index (χ4v) is 3.77. The average molecular weight is 384 g/mol. The van der Waals surface area contributed by atoms with Crippen molar-refractivity contribution in [1.29, 1.82) is 0 Å². The first-order valence-corrected chi connectivity index (χ1v) is 9.99. The number of nitrogens with one attached hydrogen (secondary N) is 1. The molecule has 0 atom stereocenters. The first kappa shape index (κ1) is 22.1. The molecule has 0 aliphatic rings. The number of rotatable bonds is 7. The van der Waals surface area contributed by atoms with E-state index in [1.54, 1.807) is 38.7 Å². The lowest BCUT2D eigenvalue weighted by atomic mass is 10.1. The zero-order chi connectivity index (χ0) is 20.1. The van der Waals surface area contributed by atoms with Crippen LogP contribution in [0.2, 0.25) is 0 Å². The standard InChI is InChI=1S/C18H28N2O5S/c1-7-20(8-2)16(21)12-25-17(22)15-11-14(10-9-13(15)3)26(23,24)19-18(4,5)6/h9-11,19H,7-8,12H2,1-6H3. The Morgan fingerprint density at radius 2 is 1.73 bits per heavy atom. The van der Waals surface area contributed by atoms with E-state index < -0.39 is 21.5 Å². The fraction of sp³-hybridized carbons (Fsp3) is 0.556. The number of benzene rings is 1. The number of nitrogens with zero attached hydrogens (tertiary/aromatic N) is 1. The number of aryl methyl sites for hydroxylation is 1. The molecule has 0 fully saturated rings. The van der Waals surface area contributed by atoms with Crippen LogP contribution in [0.4, 0.5) is 0 Å². The third-order valence-electron chi connectivity index (χ3n) is 3.62. The predicted molar refractivity (Wildman–Crippen MR) is 99.5 cm³/mol. The molecule has 0 aromatic heterocycles. The molecule has 1 N–H and O–H groups in total. The van der Waals surface area contributed by atoms with E-state index in [1.165, 1.54) is 12.1 Å². The summed E-state index contributed by atoms with van der Waals surface area (Å²) in [4.78, 5) is 25.8. The van der Waals surface area contributed by atoms with Gasteiger partial charge in [0.15, 0.2) is 6.61 Å². The van der Waals surface area contributed by atoms with Crippen molar-refractivity contribution in [3.8, 4) is 0 Å². The zero-order valence-corrected chi connectivity index (χ0v) is 17.1. The van der Waals surface area contributed by atoms with E-state index in [4.69, 9.17) is 4.74 Å². The highest BCUT2D eigenvalue weighted by Gasteiger charge is 2.24. The molecule has 1 amide bonds. The van der Waals surface area contributed by atoms with Crippen molar-refractivity contribution in [2.75, 3.05) is 19.7 Å². The molecule has 0 unspecified atom stereocenters. The Morgan fingerprint density at radius 1 is 1.15 bits per heavy atom. The molecule has 0 saturated carbocycles. The molecule has 7 nitrogen and oxygen atoms in total. The maximum Gasteiger partial charge on any atom is 0.338 e. The second-order valence-electron chi connectivity index (χ2n) is 6.97. The lowest BCUT2D eigenvalue weighted by Crippen LogP contribution is -2.40. The van der Waals surface area contributed by atoms with E-state index in [1.807, 2.05) is 13.8 Å². The van der Waals surface area contributed by atoms with Crippen molar-refractivity contribution in [2.24, 2.45) is 0 Å². The minimum Gasteiger partial charge on any atom is -0.452 e. The van der Waals surface area contributed by atoms with Crippen molar-refractivity contribution in [3.05, 3.63) is 29.3 Å². The largest absolute Gasteiger partial charge is 0.452 e. The van der Waals surface area contributed by atoms with Gasteiger partial charge < -0.3 is 9.64 Å². The molecule has 0 bridgehead atoms. The van der Waals surface area contributed by atoms with Crippen LogP contribution in [0.3, 0.4) is 0 Å². The fourth-order valence-electron chi connectivity index (χ4n) is 2.32. The molecule has 1 aromatic rings. The maximum atomic E-state index is 12.4. The predicted octanol–water partition coefficient (Wildman–Crippen LogP) is 2.10. The Labute approximate surface area is 155 Å². The van der Waals surface area contributed by atoms with Gasteiger partial charge in [0, 0.05) is 18.6 Å². The summed E-state index contributed by atoms with van der Waals surface area (Å²) >= 11 is 0. The summed E-state index contributed by atoms with van der Waals surface area (Å²) in [7, 11) is -3.78. The molecule has 1 rings (SSSR count). The lowest BCUT2D eigenvalue weighted by molar-refractivity contribution is -0.134. The Kier molecular flexibility index (Phi) is 7.35. The number of amides is 1. The van der Waals surface area contributed by atoms with Gasteiger partial charge in [0.25, 0.3) is 5.91 Å². The summed E-state index contributed by atoms with van der Waals surface area (Å²) in [6.07, 6.45) is 0. The van der Waals surface area contributed by atoms with Crippen LogP contribution in [0.1, 0.15) is 50.5 Å². The van der Waals surface area contributed by atoms with Crippen LogP contribution < -0.4 is 4.72 Å². The number of likely N-dealkylation sites (N-methyl/N-ethyl adjacent to an activating group) is 1. The topological polar surface area (TPSA) is 92.8 Å². The average Bonchev–Trinajstić information content (AvgIpc) is 2.51. The van der Waals surface area contributed by atoms with E-state index >= 15 is 0 Å². The molecule has 0 spiro atoms. The molecule has 146 valence electrons. The molecule has 1 aromatic carbocycles. The minimum atomic E-state index is -3.78. The summed E-state index contributed by atoms with van der Waals surface area (Å²) in [5, 5.41) is 0. The number of esters is 1. The van der Waals surface area contributed by atoms with Crippen LogP contribution >= 0.6 is 0 Å². The van der Waals surface area contributed by atoms with Crippen molar-refractivity contribution in [3.63, 3.8) is 0 Å². The summed E-state index contributed by atoms with van der Waals surface area (Å²) in [5.74, 6) is -1.02. The number of hydrogen-bond donors (Lipinski definition) is 1.